The molecule has 0 aliphatic carbocycles. The predicted molar refractivity (Wildman–Crippen MR) is 110 cm³/mol. The number of rotatable bonds is 12. The molecule has 0 saturated carbocycles. The van der Waals surface area contributed by atoms with Crippen LogP contribution in [0.4, 0.5) is 0 Å². The number of ether oxygens (including phenoxy) is 2. The van der Waals surface area contributed by atoms with Gasteiger partial charge >= 0.3 is 0 Å². The van der Waals surface area contributed by atoms with E-state index in [2.05, 4.69) is 50.3 Å². The van der Waals surface area contributed by atoms with E-state index in [0.717, 1.165) is 62.8 Å². The van der Waals surface area contributed by atoms with Gasteiger partial charge in [-0.3, -0.25) is 4.99 Å². The fourth-order valence-corrected chi connectivity index (χ4v) is 2.92. The van der Waals surface area contributed by atoms with Crippen molar-refractivity contribution >= 4 is 17.0 Å². The summed E-state index contributed by atoms with van der Waals surface area (Å²) in [7, 11) is 3.49. The van der Waals surface area contributed by atoms with Gasteiger partial charge in [0.1, 0.15) is 5.82 Å². The molecule has 7 heteroatoms. The quantitative estimate of drug-likeness (QED) is 0.338. The summed E-state index contributed by atoms with van der Waals surface area (Å²) in [5.41, 5.74) is 2.26. The summed E-state index contributed by atoms with van der Waals surface area (Å²) in [6, 6.07) is 8.28. The molecule has 0 radical (unpaired) electrons. The van der Waals surface area contributed by atoms with Crippen LogP contribution in [0.15, 0.2) is 29.3 Å². The zero-order valence-corrected chi connectivity index (χ0v) is 16.8. The minimum Gasteiger partial charge on any atom is -0.382 e. The summed E-state index contributed by atoms with van der Waals surface area (Å²) >= 11 is 0. The van der Waals surface area contributed by atoms with Gasteiger partial charge in [-0.25, -0.2) is 4.98 Å². The molecule has 0 fully saturated rings. The van der Waals surface area contributed by atoms with E-state index in [-0.39, 0.29) is 0 Å². The van der Waals surface area contributed by atoms with Crippen LogP contribution in [0.5, 0.6) is 0 Å². The largest absolute Gasteiger partial charge is 0.382 e. The Hall–Kier alpha value is -2.12. The minimum absolute atomic E-state index is 0.656. The van der Waals surface area contributed by atoms with Crippen LogP contribution in [0.1, 0.15) is 25.1 Å². The molecule has 2 aromatic rings. The molecular formula is C20H33N5O2. The Balaban J connectivity index is 1.60. The molecule has 0 aliphatic heterocycles. The molecule has 27 heavy (non-hydrogen) atoms. The van der Waals surface area contributed by atoms with Crippen molar-refractivity contribution in [3.05, 3.63) is 30.1 Å². The number of guanidine groups is 1. The second-order valence-corrected chi connectivity index (χ2v) is 6.39. The predicted octanol–water partition coefficient (Wildman–Crippen LogP) is 2.34. The average molecular weight is 376 g/mol. The van der Waals surface area contributed by atoms with Gasteiger partial charge in [0, 0.05) is 40.4 Å². The first kappa shape index (κ1) is 21.2. The van der Waals surface area contributed by atoms with Crippen LogP contribution in [-0.4, -0.2) is 62.6 Å². The Bertz CT molecular complexity index is 699. The van der Waals surface area contributed by atoms with Crippen molar-refractivity contribution in [2.45, 2.75) is 32.7 Å². The van der Waals surface area contributed by atoms with Crippen molar-refractivity contribution in [3.8, 4) is 0 Å². The maximum atomic E-state index is 5.46. The number of imidazole rings is 1. The van der Waals surface area contributed by atoms with E-state index in [9.17, 15) is 0 Å². The topological polar surface area (TPSA) is 72.7 Å². The highest BCUT2D eigenvalue weighted by Gasteiger charge is 2.06. The van der Waals surface area contributed by atoms with Crippen LogP contribution in [0, 0.1) is 6.92 Å². The number of aryl methyl sites for hydroxylation is 2. The fraction of sp³-hybridized carbons (Fsp3) is 0.600. The van der Waals surface area contributed by atoms with Crippen LogP contribution >= 0.6 is 0 Å². The molecule has 0 aliphatic rings. The summed E-state index contributed by atoms with van der Waals surface area (Å²) < 4.78 is 12.7. The van der Waals surface area contributed by atoms with E-state index >= 15 is 0 Å². The number of fused-ring (bicyclic) bond motifs is 1. The highest BCUT2D eigenvalue weighted by Crippen LogP contribution is 2.15. The van der Waals surface area contributed by atoms with E-state index in [1.807, 2.05) is 6.07 Å². The third-order valence-corrected chi connectivity index (χ3v) is 4.36. The lowest BCUT2D eigenvalue weighted by atomic mass is 10.3. The molecule has 1 aromatic carbocycles. The maximum Gasteiger partial charge on any atom is 0.190 e. The SMILES string of the molecule is CN=C(NCCCCOCCOC)NCCCn1c(C)nc2ccccc21. The molecule has 2 N–H and O–H groups in total. The van der Waals surface area contributed by atoms with E-state index in [1.54, 1.807) is 14.2 Å². The number of methoxy groups -OCH3 is 1. The Kier molecular flexibility index (Phi) is 9.65. The Morgan fingerprint density at radius 2 is 1.85 bits per heavy atom. The van der Waals surface area contributed by atoms with Crippen molar-refractivity contribution in [1.82, 2.24) is 20.2 Å². The van der Waals surface area contributed by atoms with Crippen LogP contribution < -0.4 is 10.6 Å². The van der Waals surface area contributed by atoms with E-state index in [4.69, 9.17) is 9.47 Å². The minimum atomic E-state index is 0.656. The summed E-state index contributed by atoms with van der Waals surface area (Å²) in [5, 5.41) is 6.72. The summed E-state index contributed by atoms with van der Waals surface area (Å²) in [6.07, 6.45) is 3.09. The van der Waals surface area contributed by atoms with Crippen molar-refractivity contribution in [3.63, 3.8) is 0 Å². The standard InChI is InChI=1S/C20H33N5O2/c1-17-24-18-9-4-5-10-19(18)25(17)13-8-12-23-20(21-2)22-11-6-7-14-27-16-15-26-3/h4-5,9-10H,6-8,11-16H2,1-3H3,(H2,21,22,23). The number of aliphatic imine (C=N–C) groups is 1. The number of nitrogens with one attached hydrogen (secondary N) is 2. The number of aromatic nitrogens is 2. The third-order valence-electron chi connectivity index (χ3n) is 4.36. The van der Waals surface area contributed by atoms with E-state index in [1.165, 1.54) is 5.52 Å². The number of hydrogen-bond acceptors (Lipinski definition) is 4. The van der Waals surface area contributed by atoms with Gasteiger partial charge in [-0.1, -0.05) is 12.1 Å². The summed E-state index contributed by atoms with van der Waals surface area (Å²) in [5.74, 6) is 1.91. The Labute approximate surface area is 162 Å². The lowest BCUT2D eigenvalue weighted by Crippen LogP contribution is -2.38. The monoisotopic (exact) mass is 375 g/mol. The summed E-state index contributed by atoms with van der Waals surface area (Å²) in [4.78, 5) is 8.89. The summed E-state index contributed by atoms with van der Waals surface area (Å²) in [6.45, 7) is 6.85. The molecule has 1 heterocycles. The van der Waals surface area contributed by atoms with E-state index < -0.39 is 0 Å². The lowest BCUT2D eigenvalue weighted by molar-refractivity contribution is 0.0689. The van der Waals surface area contributed by atoms with Crippen molar-refractivity contribution in [1.29, 1.82) is 0 Å². The van der Waals surface area contributed by atoms with Gasteiger partial charge in [0.2, 0.25) is 0 Å². The molecule has 0 unspecified atom stereocenters. The van der Waals surface area contributed by atoms with Gasteiger partial charge in [0.25, 0.3) is 0 Å². The normalized spacial score (nSPS) is 11.9. The zero-order chi connectivity index (χ0) is 19.3. The smallest absolute Gasteiger partial charge is 0.190 e. The molecule has 1 aromatic heterocycles. The first-order chi connectivity index (χ1) is 13.3. The van der Waals surface area contributed by atoms with Gasteiger partial charge in [-0.2, -0.15) is 0 Å². The molecule has 2 rings (SSSR count). The molecular weight excluding hydrogens is 342 g/mol. The number of unbranched alkanes of at least 4 members (excludes halogenated alkanes) is 1. The second-order valence-electron chi connectivity index (χ2n) is 6.39. The van der Waals surface area contributed by atoms with Crippen molar-refractivity contribution in [2.24, 2.45) is 4.99 Å². The van der Waals surface area contributed by atoms with Gasteiger partial charge in [0.05, 0.1) is 24.2 Å². The van der Waals surface area contributed by atoms with Gasteiger partial charge in [0.15, 0.2) is 5.96 Å². The zero-order valence-electron chi connectivity index (χ0n) is 16.8. The number of hydrogen-bond donors (Lipinski definition) is 2. The molecule has 0 spiro atoms. The fourth-order valence-electron chi connectivity index (χ4n) is 2.92. The van der Waals surface area contributed by atoms with Crippen LogP contribution in [0.2, 0.25) is 0 Å². The number of para-hydroxylation sites is 2. The van der Waals surface area contributed by atoms with Crippen LogP contribution in [0.3, 0.4) is 0 Å². The number of nitrogens with zero attached hydrogens (tertiary/aromatic N) is 3. The van der Waals surface area contributed by atoms with Gasteiger partial charge in [-0.05, 0) is 38.3 Å². The second kappa shape index (κ2) is 12.3. The molecule has 0 saturated heterocycles. The Morgan fingerprint density at radius 1 is 1.07 bits per heavy atom. The maximum absolute atomic E-state index is 5.46. The highest BCUT2D eigenvalue weighted by molar-refractivity contribution is 5.79. The molecule has 150 valence electrons. The van der Waals surface area contributed by atoms with Crippen LogP contribution in [0.25, 0.3) is 11.0 Å². The third kappa shape index (κ3) is 7.19. The van der Waals surface area contributed by atoms with Crippen molar-refractivity contribution in [2.75, 3.05) is 47.1 Å². The Morgan fingerprint density at radius 3 is 2.63 bits per heavy atom. The molecule has 0 bridgehead atoms. The first-order valence-corrected chi connectivity index (χ1v) is 9.69. The molecule has 0 atom stereocenters. The van der Waals surface area contributed by atoms with E-state index in [0.29, 0.717) is 13.2 Å². The van der Waals surface area contributed by atoms with Gasteiger partial charge < -0.3 is 24.7 Å². The highest BCUT2D eigenvalue weighted by atomic mass is 16.5. The van der Waals surface area contributed by atoms with Crippen molar-refractivity contribution < 1.29 is 9.47 Å². The number of benzene rings is 1. The average Bonchev–Trinajstić information content (AvgIpc) is 3.00. The molecule has 7 nitrogen and oxygen atoms in total. The van der Waals surface area contributed by atoms with Gasteiger partial charge in [-0.15, -0.1) is 0 Å². The molecule has 0 amide bonds. The first-order valence-electron chi connectivity index (χ1n) is 9.69. The van der Waals surface area contributed by atoms with Crippen LogP contribution in [-0.2, 0) is 16.0 Å². The lowest BCUT2D eigenvalue weighted by Gasteiger charge is -2.12.